The monoisotopic (exact) mass is 274 g/mol. The zero-order valence-corrected chi connectivity index (χ0v) is 10.7. The molecule has 7 nitrogen and oxygen atoms in total. The Morgan fingerprint density at radius 3 is 3.20 bits per heavy atom. The van der Waals surface area contributed by atoms with E-state index in [2.05, 4.69) is 15.4 Å². The highest BCUT2D eigenvalue weighted by atomic mass is 16.7. The van der Waals surface area contributed by atoms with E-state index in [9.17, 15) is 4.79 Å². The lowest BCUT2D eigenvalue weighted by molar-refractivity contribution is -0.142. The van der Waals surface area contributed by atoms with Crippen LogP contribution < -0.4 is 10.1 Å². The Morgan fingerprint density at radius 2 is 2.35 bits per heavy atom. The summed E-state index contributed by atoms with van der Waals surface area (Å²) in [5, 5.41) is 6.79. The summed E-state index contributed by atoms with van der Waals surface area (Å²) in [6.07, 6.45) is 2.43. The van der Waals surface area contributed by atoms with E-state index in [1.54, 1.807) is 11.0 Å². The van der Waals surface area contributed by atoms with Gasteiger partial charge < -0.3 is 14.8 Å². The van der Waals surface area contributed by atoms with Gasteiger partial charge in [-0.1, -0.05) is 18.2 Å². The predicted molar refractivity (Wildman–Crippen MR) is 68.8 cm³/mol. The molecule has 3 rings (SSSR count). The molecule has 0 saturated carbocycles. The fourth-order valence-corrected chi connectivity index (χ4v) is 2.04. The highest BCUT2D eigenvalue weighted by molar-refractivity contribution is 5.83. The van der Waals surface area contributed by atoms with Crippen LogP contribution in [-0.4, -0.2) is 34.0 Å². The molecule has 0 aliphatic carbocycles. The topological polar surface area (TPSA) is 78.3 Å². The Hall–Kier alpha value is -2.41. The Balaban J connectivity index is 1.60. The van der Waals surface area contributed by atoms with Gasteiger partial charge >= 0.3 is 0 Å². The SMILES string of the molecule is O=C(NCCn1cncn1)C1OCOc2ccccc21. The van der Waals surface area contributed by atoms with E-state index in [4.69, 9.17) is 9.47 Å². The molecule has 1 atom stereocenters. The quantitative estimate of drug-likeness (QED) is 0.878. The normalized spacial score (nSPS) is 17.1. The van der Waals surface area contributed by atoms with Crippen LogP contribution in [0.4, 0.5) is 0 Å². The van der Waals surface area contributed by atoms with Crippen molar-refractivity contribution >= 4 is 5.91 Å². The molecule has 1 aliphatic heterocycles. The molecule has 104 valence electrons. The van der Waals surface area contributed by atoms with E-state index in [0.29, 0.717) is 18.8 Å². The van der Waals surface area contributed by atoms with Gasteiger partial charge in [-0.3, -0.25) is 9.48 Å². The van der Waals surface area contributed by atoms with Crippen LogP contribution in [0.2, 0.25) is 0 Å². The Morgan fingerprint density at radius 1 is 1.45 bits per heavy atom. The zero-order valence-electron chi connectivity index (χ0n) is 10.7. The van der Waals surface area contributed by atoms with Gasteiger partial charge in [0.2, 0.25) is 0 Å². The molecule has 0 saturated heterocycles. The molecule has 0 fully saturated rings. The molecule has 0 radical (unpaired) electrons. The first-order chi connectivity index (χ1) is 9.84. The predicted octanol–water partition coefficient (Wildman–Crippen LogP) is 0.502. The summed E-state index contributed by atoms with van der Waals surface area (Å²) in [6, 6.07) is 7.38. The third-order valence-corrected chi connectivity index (χ3v) is 3.00. The molecule has 1 N–H and O–H groups in total. The van der Waals surface area contributed by atoms with E-state index in [1.807, 2.05) is 24.3 Å². The Bertz CT molecular complexity index is 585. The van der Waals surface area contributed by atoms with E-state index in [-0.39, 0.29) is 12.7 Å². The van der Waals surface area contributed by atoms with Crippen LogP contribution in [0.15, 0.2) is 36.9 Å². The van der Waals surface area contributed by atoms with Crippen molar-refractivity contribution in [2.24, 2.45) is 0 Å². The van der Waals surface area contributed by atoms with E-state index >= 15 is 0 Å². The number of benzene rings is 1. The number of carbonyl (C=O) groups is 1. The molecule has 1 amide bonds. The van der Waals surface area contributed by atoms with E-state index in [0.717, 1.165) is 5.56 Å². The first kappa shape index (κ1) is 12.6. The second kappa shape index (κ2) is 5.70. The van der Waals surface area contributed by atoms with Crippen LogP contribution >= 0.6 is 0 Å². The van der Waals surface area contributed by atoms with Gasteiger partial charge in [-0.15, -0.1) is 0 Å². The maximum absolute atomic E-state index is 12.2. The average molecular weight is 274 g/mol. The molecule has 1 aliphatic rings. The van der Waals surface area contributed by atoms with Gasteiger partial charge in [0.25, 0.3) is 5.91 Å². The number of carbonyl (C=O) groups excluding carboxylic acids is 1. The Kier molecular flexibility index (Phi) is 3.60. The summed E-state index contributed by atoms with van der Waals surface area (Å²) >= 11 is 0. The molecule has 0 spiro atoms. The van der Waals surface area contributed by atoms with Crippen molar-refractivity contribution in [2.45, 2.75) is 12.6 Å². The molecule has 1 unspecified atom stereocenters. The van der Waals surface area contributed by atoms with Gasteiger partial charge in [0, 0.05) is 12.1 Å². The molecule has 1 aromatic heterocycles. The van der Waals surface area contributed by atoms with E-state index in [1.165, 1.54) is 6.33 Å². The van der Waals surface area contributed by atoms with Gasteiger partial charge in [0.1, 0.15) is 18.4 Å². The average Bonchev–Trinajstić information content (AvgIpc) is 3.00. The number of nitrogens with one attached hydrogen (secondary N) is 1. The largest absolute Gasteiger partial charge is 0.467 e. The third kappa shape index (κ3) is 2.62. The molecular weight excluding hydrogens is 260 g/mol. The minimum atomic E-state index is -0.629. The molecule has 1 aromatic carbocycles. The lowest BCUT2D eigenvalue weighted by atomic mass is 10.1. The molecular formula is C13H14N4O3. The molecule has 2 heterocycles. The van der Waals surface area contributed by atoms with Crippen molar-refractivity contribution in [3.8, 4) is 5.75 Å². The van der Waals surface area contributed by atoms with Gasteiger partial charge in [0.15, 0.2) is 12.9 Å². The minimum Gasteiger partial charge on any atom is -0.467 e. The fourth-order valence-electron chi connectivity index (χ4n) is 2.04. The highest BCUT2D eigenvalue weighted by Crippen LogP contribution is 2.31. The van der Waals surface area contributed by atoms with Crippen molar-refractivity contribution in [2.75, 3.05) is 13.3 Å². The molecule has 0 bridgehead atoms. The molecule has 20 heavy (non-hydrogen) atoms. The maximum atomic E-state index is 12.2. The highest BCUT2D eigenvalue weighted by Gasteiger charge is 2.27. The smallest absolute Gasteiger partial charge is 0.254 e. The summed E-state index contributed by atoms with van der Waals surface area (Å²) < 4.78 is 12.4. The van der Waals surface area contributed by atoms with Gasteiger partial charge in [-0.05, 0) is 6.07 Å². The van der Waals surface area contributed by atoms with Crippen LogP contribution in [0.5, 0.6) is 5.75 Å². The lowest BCUT2D eigenvalue weighted by Crippen LogP contribution is -2.35. The van der Waals surface area contributed by atoms with Crippen LogP contribution in [0.25, 0.3) is 0 Å². The second-order valence-corrected chi connectivity index (χ2v) is 4.30. The standard InChI is InChI=1S/C13H14N4O3/c18-13(15-5-6-17-8-14-7-16-17)12-10-3-1-2-4-11(10)19-9-20-12/h1-4,7-8,12H,5-6,9H2,(H,15,18). The van der Waals surface area contributed by atoms with Crippen molar-refractivity contribution in [1.82, 2.24) is 20.1 Å². The Labute approximate surface area is 115 Å². The summed E-state index contributed by atoms with van der Waals surface area (Å²) in [6.45, 7) is 1.11. The van der Waals surface area contributed by atoms with Crippen LogP contribution in [0.1, 0.15) is 11.7 Å². The lowest BCUT2D eigenvalue weighted by Gasteiger charge is -2.25. The van der Waals surface area contributed by atoms with Crippen LogP contribution in [0.3, 0.4) is 0 Å². The van der Waals surface area contributed by atoms with Crippen molar-refractivity contribution < 1.29 is 14.3 Å². The number of fused-ring (bicyclic) bond motifs is 1. The molecule has 7 heteroatoms. The molecule has 2 aromatic rings. The zero-order chi connectivity index (χ0) is 13.8. The first-order valence-corrected chi connectivity index (χ1v) is 6.28. The number of para-hydroxylation sites is 1. The number of hydrogen-bond donors (Lipinski definition) is 1. The number of rotatable bonds is 4. The number of nitrogens with zero attached hydrogens (tertiary/aromatic N) is 3. The number of ether oxygens (including phenoxy) is 2. The van der Waals surface area contributed by atoms with E-state index < -0.39 is 6.10 Å². The van der Waals surface area contributed by atoms with Gasteiger partial charge in [-0.2, -0.15) is 5.10 Å². The maximum Gasteiger partial charge on any atom is 0.254 e. The summed E-state index contributed by atoms with van der Waals surface area (Å²) in [4.78, 5) is 16.0. The van der Waals surface area contributed by atoms with Crippen LogP contribution in [-0.2, 0) is 16.1 Å². The van der Waals surface area contributed by atoms with Crippen molar-refractivity contribution in [3.63, 3.8) is 0 Å². The van der Waals surface area contributed by atoms with Crippen molar-refractivity contribution in [1.29, 1.82) is 0 Å². The summed E-state index contributed by atoms with van der Waals surface area (Å²) in [5.74, 6) is 0.510. The number of hydrogen-bond acceptors (Lipinski definition) is 5. The minimum absolute atomic E-state index is 0.0815. The number of amides is 1. The van der Waals surface area contributed by atoms with Crippen LogP contribution in [0, 0.1) is 0 Å². The second-order valence-electron chi connectivity index (χ2n) is 4.30. The van der Waals surface area contributed by atoms with Crippen molar-refractivity contribution in [3.05, 3.63) is 42.5 Å². The first-order valence-electron chi connectivity index (χ1n) is 6.28. The summed E-state index contributed by atoms with van der Waals surface area (Å²) in [7, 11) is 0. The summed E-state index contributed by atoms with van der Waals surface area (Å²) in [5.41, 5.74) is 0.747. The number of aromatic nitrogens is 3. The van der Waals surface area contributed by atoms with Gasteiger partial charge in [-0.25, -0.2) is 4.98 Å². The third-order valence-electron chi connectivity index (χ3n) is 3.00. The fraction of sp³-hybridized carbons (Fsp3) is 0.308. The van der Waals surface area contributed by atoms with Gasteiger partial charge in [0.05, 0.1) is 6.54 Å².